The van der Waals surface area contributed by atoms with Crippen LogP contribution in [0.1, 0.15) is 23.6 Å². The van der Waals surface area contributed by atoms with Gasteiger partial charge in [0, 0.05) is 18.6 Å². The van der Waals surface area contributed by atoms with E-state index in [1.54, 1.807) is 0 Å². The predicted octanol–water partition coefficient (Wildman–Crippen LogP) is 2.74. The second kappa shape index (κ2) is 4.66. The predicted molar refractivity (Wildman–Crippen MR) is 57.3 cm³/mol. The Morgan fingerprint density at radius 3 is 2.35 bits per heavy atom. The lowest BCUT2D eigenvalue weighted by Gasteiger charge is -2.18. The van der Waals surface area contributed by atoms with Gasteiger partial charge in [0.2, 0.25) is 0 Å². The quantitative estimate of drug-likeness (QED) is 0.869. The van der Waals surface area contributed by atoms with Crippen molar-refractivity contribution in [2.24, 2.45) is 11.7 Å². The van der Waals surface area contributed by atoms with E-state index < -0.39 is 11.7 Å². The molecule has 1 saturated heterocycles. The minimum atomic E-state index is -4.29. The highest BCUT2D eigenvalue weighted by atomic mass is 19.4. The number of rotatable bonds is 2. The van der Waals surface area contributed by atoms with Gasteiger partial charge >= 0.3 is 6.18 Å². The summed E-state index contributed by atoms with van der Waals surface area (Å²) < 4.78 is 42.3. The van der Waals surface area contributed by atoms with Gasteiger partial charge in [-0.25, -0.2) is 0 Å². The molecule has 2 nitrogen and oxygen atoms in total. The highest BCUT2D eigenvalue weighted by Crippen LogP contribution is 2.31. The smallest absolute Gasteiger partial charge is 0.381 e. The summed E-state index contributed by atoms with van der Waals surface area (Å²) in [5, 5.41) is 0. The van der Waals surface area contributed by atoms with Crippen molar-refractivity contribution in [1.29, 1.82) is 0 Å². The van der Waals surface area contributed by atoms with Gasteiger partial charge in [-0.1, -0.05) is 12.1 Å². The van der Waals surface area contributed by atoms with Gasteiger partial charge in [-0.15, -0.1) is 0 Å². The first-order chi connectivity index (χ1) is 7.98. The van der Waals surface area contributed by atoms with E-state index in [2.05, 4.69) is 0 Å². The summed E-state index contributed by atoms with van der Waals surface area (Å²) in [7, 11) is 0. The third-order valence-corrected chi connectivity index (χ3v) is 3.10. The van der Waals surface area contributed by atoms with Crippen LogP contribution in [0.4, 0.5) is 13.2 Å². The van der Waals surface area contributed by atoms with Crippen LogP contribution in [0.15, 0.2) is 24.3 Å². The van der Waals surface area contributed by atoms with Crippen molar-refractivity contribution >= 4 is 0 Å². The molecule has 1 heterocycles. The monoisotopic (exact) mass is 245 g/mol. The van der Waals surface area contributed by atoms with E-state index in [-0.39, 0.29) is 12.0 Å². The summed E-state index contributed by atoms with van der Waals surface area (Å²) in [5.74, 6) is 0.201. The van der Waals surface area contributed by atoms with Gasteiger partial charge in [0.1, 0.15) is 0 Å². The molecule has 0 amide bonds. The molecule has 1 aliphatic rings. The van der Waals surface area contributed by atoms with Crippen LogP contribution in [0, 0.1) is 5.92 Å². The summed E-state index contributed by atoms with van der Waals surface area (Å²) in [5.41, 5.74) is 6.09. The summed E-state index contributed by atoms with van der Waals surface area (Å²) in [6.07, 6.45) is -3.43. The van der Waals surface area contributed by atoms with Crippen molar-refractivity contribution in [3.8, 4) is 0 Å². The molecule has 0 bridgehead atoms. The average Bonchev–Trinajstić information content (AvgIpc) is 2.80. The lowest BCUT2D eigenvalue weighted by molar-refractivity contribution is -0.137. The number of halogens is 3. The van der Waals surface area contributed by atoms with Crippen LogP contribution in [0.2, 0.25) is 0 Å². The van der Waals surface area contributed by atoms with Crippen LogP contribution in [-0.4, -0.2) is 13.2 Å². The summed E-state index contributed by atoms with van der Waals surface area (Å²) in [6.45, 7) is 1.27. The molecule has 2 unspecified atom stereocenters. The van der Waals surface area contributed by atoms with Crippen molar-refractivity contribution in [3.63, 3.8) is 0 Å². The molecular weight excluding hydrogens is 231 g/mol. The Bertz CT molecular complexity index is 368. The zero-order chi connectivity index (χ0) is 12.5. The van der Waals surface area contributed by atoms with E-state index in [0.717, 1.165) is 24.1 Å². The fraction of sp³-hybridized carbons (Fsp3) is 0.500. The Balaban J connectivity index is 2.12. The number of hydrogen-bond acceptors (Lipinski definition) is 2. The molecule has 1 aliphatic heterocycles. The molecule has 0 aliphatic carbocycles. The number of hydrogen-bond donors (Lipinski definition) is 1. The number of benzene rings is 1. The zero-order valence-electron chi connectivity index (χ0n) is 9.20. The molecule has 2 atom stereocenters. The Kier molecular flexibility index (Phi) is 3.40. The second-order valence-electron chi connectivity index (χ2n) is 4.27. The fourth-order valence-corrected chi connectivity index (χ4v) is 2.00. The lowest BCUT2D eigenvalue weighted by atomic mass is 9.93. The highest BCUT2D eigenvalue weighted by Gasteiger charge is 2.31. The normalized spacial score (nSPS) is 22.7. The SMILES string of the molecule is NC(c1ccc(C(F)(F)F)cc1)C1CCOC1. The van der Waals surface area contributed by atoms with Crippen LogP contribution in [0.3, 0.4) is 0 Å². The Morgan fingerprint density at radius 1 is 1.24 bits per heavy atom. The number of alkyl halides is 3. The fourth-order valence-electron chi connectivity index (χ4n) is 2.00. The molecule has 1 aromatic carbocycles. The lowest BCUT2D eigenvalue weighted by Crippen LogP contribution is -2.21. The zero-order valence-corrected chi connectivity index (χ0v) is 9.20. The van der Waals surface area contributed by atoms with Crippen molar-refractivity contribution in [2.75, 3.05) is 13.2 Å². The Morgan fingerprint density at radius 2 is 1.88 bits per heavy atom. The second-order valence-corrected chi connectivity index (χ2v) is 4.27. The van der Waals surface area contributed by atoms with Crippen LogP contribution in [0.25, 0.3) is 0 Å². The maximum Gasteiger partial charge on any atom is 0.416 e. The molecule has 1 aromatic rings. The first kappa shape index (κ1) is 12.4. The maximum absolute atomic E-state index is 12.4. The Hall–Kier alpha value is -1.07. The van der Waals surface area contributed by atoms with Gasteiger partial charge < -0.3 is 10.5 Å². The molecule has 5 heteroatoms. The van der Waals surface area contributed by atoms with Gasteiger partial charge in [0.05, 0.1) is 12.2 Å². The largest absolute Gasteiger partial charge is 0.416 e. The Labute approximate surface area is 97.6 Å². The first-order valence-corrected chi connectivity index (χ1v) is 5.49. The summed E-state index contributed by atoms with van der Waals surface area (Å²) in [4.78, 5) is 0. The van der Waals surface area contributed by atoms with Crippen molar-refractivity contribution in [1.82, 2.24) is 0 Å². The topological polar surface area (TPSA) is 35.2 Å². The van der Waals surface area contributed by atoms with E-state index in [4.69, 9.17) is 10.5 Å². The third kappa shape index (κ3) is 2.79. The highest BCUT2D eigenvalue weighted by molar-refractivity contribution is 5.27. The minimum Gasteiger partial charge on any atom is -0.381 e. The van der Waals surface area contributed by atoms with Crippen LogP contribution >= 0.6 is 0 Å². The van der Waals surface area contributed by atoms with Gasteiger partial charge in [0.15, 0.2) is 0 Å². The molecule has 0 spiro atoms. The number of ether oxygens (including phenoxy) is 1. The molecule has 2 rings (SSSR count). The van der Waals surface area contributed by atoms with Crippen LogP contribution in [0.5, 0.6) is 0 Å². The molecule has 1 fully saturated rings. The van der Waals surface area contributed by atoms with Gasteiger partial charge in [-0.2, -0.15) is 13.2 Å². The van der Waals surface area contributed by atoms with Gasteiger partial charge in [-0.05, 0) is 24.1 Å². The standard InChI is InChI=1S/C12H14F3NO/c13-12(14,15)10-3-1-8(2-4-10)11(16)9-5-6-17-7-9/h1-4,9,11H,5-7,16H2. The maximum atomic E-state index is 12.4. The molecule has 17 heavy (non-hydrogen) atoms. The minimum absolute atomic E-state index is 0.201. The third-order valence-electron chi connectivity index (χ3n) is 3.10. The first-order valence-electron chi connectivity index (χ1n) is 5.49. The van der Waals surface area contributed by atoms with Crippen molar-refractivity contribution < 1.29 is 17.9 Å². The van der Waals surface area contributed by atoms with Gasteiger partial charge in [-0.3, -0.25) is 0 Å². The number of nitrogens with two attached hydrogens (primary N) is 1. The molecule has 0 saturated carbocycles. The van der Waals surface area contributed by atoms with Gasteiger partial charge in [0.25, 0.3) is 0 Å². The van der Waals surface area contributed by atoms with Crippen molar-refractivity contribution in [3.05, 3.63) is 35.4 Å². The van der Waals surface area contributed by atoms with E-state index in [1.165, 1.54) is 12.1 Å². The molecule has 2 N–H and O–H groups in total. The average molecular weight is 245 g/mol. The van der Waals surface area contributed by atoms with E-state index in [9.17, 15) is 13.2 Å². The van der Waals surface area contributed by atoms with Crippen molar-refractivity contribution in [2.45, 2.75) is 18.6 Å². The summed E-state index contributed by atoms with van der Waals surface area (Å²) >= 11 is 0. The molecule has 94 valence electrons. The van der Waals surface area contributed by atoms with E-state index in [0.29, 0.717) is 13.2 Å². The van der Waals surface area contributed by atoms with Crippen LogP contribution in [-0.2, 0) is 10.9 Å². The summed E-state index contributed by atoms with van der Waals surface area (Å²) in [6, 6.07) is 4.80. The van der Waals surface area contributed by atoms with E-state index >= 15 is 0 Å². The molecule has 0 radical (unpaired) electrons. The van der Waals surface area contributed by atoms with E-state index in [1.807, 2.05) is 0 Å². The molecule has 0 aromatic heterocycles. The molecular formula is C12H14F3NO. The van der Waals surface area contributed by atoms with Crippen LogP contribution < -0.4 is 5.73 Å².